The average molecular weight is 365 g/mol. The molecule has 0 radical (unpaired) electrons. The quantitative estimate of drug-likeness (QED) is 0.740. The minimum absolute atomic E-state index is 0.133. The van der Waals surface area contributed by atoms with Gasteiger partial charge in [-0.05, 0) is 46.3 Å². The van der Waals surface area contributed by atoms with Gasteiger partial charge < -0.3 is 10.3 Å². The zero-order chi connectivity index (χ0) is 14.8. The molecule has 21 heavy (non-hydrogen) atoms. The molecule has 0 aliphatic rings. The second kappa shape index (κ2) is 5.87. The molecule has 0 spiro atoms. The molecule has 0 atom stereocenters. The summed E-state index contributed by atoms with van der Waals surface area (Å²) in [5.74, 6) is 0.581. The van der Waals surface area contributed by atoms with E-state index in [0.29, 0.717) is 28.3 Å². The van der Waals surface area contributed by atoms with E-state index in [0.717, 1.165) is 10.2 Å². The Labute approximate surface area is 134 Å². The van der Waals surface area contributed by atoms with E-state index in [1.54, 1.807) is 6.07 Å². The fourth-order valence-corrected chi connectivity index (χ4v) is 2.44. The molecule has 1 heterocycles. The number of nitrogens with zero attached hydrogens (tertiary/aromatic N) is 1. The normalized spacial score (nSPS) is 10.8. The number of halogens is 2. The van der Waals surface area contributed by atoms with Crippen molar-refractivity contribution < 1.29 is 0 Å². The average Bonchev–Trinajstić information content (AvgIpc) is 2.49. The minimum atomic E-state index is -0.133. The summed E-state index contributed by atoms with van der Waals surface area (Å²) in [6.07, 6.45) is 0. The Morgan fingerprint density at radius 1 is 1.24 bits per heavy atom. The van der Waals surface area contributed by atoms with Gasteiger partial charge in [0.05, 0.1) is 22.5 Å². The van der Waals surface area contributed by atoms with E-state index in [1.165, 1.54) is 0 Å². The lowest BCUT2D eigenvalue weighted by atomic mass is 10.2. The van der Waals surface area contributed by atoms with Crippen molar-refractivity contribution >= 4 is 44.1 Å². The van der Waals surface area contributed by atoms with Crippen LogP contribution in [0.1, 0.15) is 5.82 Å². The van der Waals surface area contributed by atoms with Crippen LogP contribution in [0.25, 0.3) is 10.9 Å². The first-order chi connectivity index (χ1) is 10.1. The number of benzene rings is 2. The fraction of sp³-hybridized carbons (Fsp3) is 0.0667. The van der Waals surface area contributed by atoms with Gasteiger partial charge >= 0.3 is 0 Å². The highest BCUT2D eigenvalue weighted by molar-refractivity contribution is 9.10. The molecule has 2 N–H and O–H groups in total. The van der Waals surface area contributed by atoms with E-state index in [9.17, 15) is 4.79 Å². The molecule has 0 amide bonds. The lowest BCUT2D eigenvalue weighted by Gasteiger charge is -2.07. The molecule has 0 fully saturated rings. The number of para-hydroxylation sites is 1. The Kier molecular flexibility index (Phi) is 3.94. The van der Waals surface area contributed by atoms with E-state index in [-0.39, 0.29) is 5.56 Å². The molecule has 1 aromatic heterocycles. The molecule has 3 rings (SSSR count). The summed E-state index contributed by atoms with van der Waals surface area (Å²) >= 11 is 9.38. The predicted molar refractivity (Wildman–Crippen MR) is 88.8 cm³/mol. The maximum atomic E-state index is 12.0. The van der Waals surface area contributed by atoms with Crippen LogP contribution < -0.4 is 10.9 Å². The van der Waals surface area contributed by atoms with Crippen molar-refractivity contribution in [2.24, 2.45) is 0 Å². The zero-order valence-corrected chi connectivity index (χ0v) is 13.2. The Morgan fingerprint density at radius 3 is 2.86 bits per heavy atom. The highest BCUT2D eigenvalue weighted by atomic mass is 79.9. The standard InChI is InChI=1S/C15H11BrClN3O/c16-11-6-5-9(7-12(11)17)18-8-14-19-13-4-2-1-3-10(13)15(21)20-14/h1-7,18H,8H2,(H,19,20,21). The lowest BCUT2D eigenvalue weighted by Crippen LogP contribution is -2.14. The molecule has 0 saturated carbocycles. The number of hydrogen-bond donors (Lipinski definition) is 2. The smallest absolute Gasteiger partial charge is 0.258 e. The van der Waals surface area contributed by atoms with Gasteiger partial charge in [-0.25, -0.2) is 4.98 Å². The molecule has 0 bridgehead atoms. The number of fused-ring (bicyclic) bond motifs is 1. The van der Waals surface area contributed by atoms with Crippen molar-refractivity contribution in [1.29, 1.82) is 0 Å². The van der Waals surface area contributed by atoms with Crippen molar-refractivity contribution in [3.8, 4) is 0 Å². The van der Waals surface area contributed by atoms with Gasteiger partial charge in [-0.1, -0.05) is 23.7 Å². The van der Waals surface area contributed by atoms with E-state index in [2.05, 4.69) is 31.2 Å². The van der Waals surface area contributed by atoms with E-state index < -0.39 is 0 Å². The van der Waals surface area contributed by atoms with E-state index in [4.69, 9.17) is 11.6 Å². The lowest BCUT2D eigenvalue weighted by molar-refractivity contribution is 0.953. The number of H-pyrrole nitrogens is 1. The van der Waals surface area contributed by atoms with E-state index >= 15 is 0 Å². The van der Waals surface area contributed by atoms with Crippen LogP contribution in [0.15, 0.2) is 51.7 Å². The number of aromatic nitrogens is 2. The summed E-state index contributed by atoms with van der Waals surface area (Å²) in [6.45, 7) is 0.415. The summed E-state index contributed by atoms with van der Waals surface area (Å²) in [5, 5.41) is 4.40. The SMILES string of the molecule is O=c1[nH]c(CNc2ccc(Br)c(Cl)c2)nc2ccccc12. The summed E-state index contributed by atoms with van der Waals surface area (Å²) in [7, 11) is 0. The number of nitrogens with one attached hydrogen (secondary N) is 2. The van der Waals surface area contributed by atoms with Gasteiger partial charge in [0.25, 0.3) is 5.56 Å². The Bertz CT molecular complexity index is 863. The fourth-order valence-electron chi connectivity index (χ4n) is 2.01. The second-order valence-electron chi connectivity index (χ2n) is 4.51. The maximum absolute atomic E-state index is 12.0. The molecule has 4 nitrogen and oxygen atoms in total. The second-order valence-corrected chi connectivity index (χ2v) is 5.77. The predicted octanol–water partition coefficient (Wildman–Crippen LogP) is 3.95. The number of aromatic amines is 1. The molecule has 0 aliphatic heterocycles. The van der Waals surface area contributed by atoms with Crippen LogP contribution in [-0.2, 0) is 6.54 Å². The number of hydrogen-bond acceptors (Lipinski definition) is 3. The summed E-state index contributed by atoms with van der Waals surface area (Å²) in [4.78, 5) is 19.2. The zero-order valence-electron chi connectivity index (χ0n) is 10.9. The van der Waals surface area contributed by atoms with Crippen molar-refractivity contribution in [2.45, 2.75) is 6.54 Å². The highest BCUT2D eigenvalue weighted by Crippen LogP contribution is 2.25. The Balaban J connectivity index is 1.85. The third-order valence-corrected chi connectivity index (χ3v) is 4.27. The van der Waals surface area contributed by atoms with Gasteiger partial charge in [0.2, 0.25) is 0 Å². The maximum Gasteiger partial charge on any atom is 0.258 e. The molecule has 0 saturated heterocycles. The van der Waals surface area contributed by atoms with Crippen LogP contribution in [0.2, 0.25) is 5.02 Å². The number of rotatable bonds is 3. The summed E-state index contributed by atoms with van der Waals surface area (Å²) < 4.78 is 0.840. The molecule has 0 unspecified atom stereocenters. The van der Waals surface area contributed by atoms with Gasteiger partial charge in [0, 0.05) is 10.2 Å². The largest absolute Gasteiger partial charge is 0.378 e. The van der Waals surface area contributed by atoms with Gasteiger partial charge in [-0.15, -0.1) is 0 Å². The third kappa shape index (κ3) is 3.09. The summed E-state index contributed by atoms with van der Waals surface area (Å²) in [6, 6.07) is 12.8. The van der Waals surface area contributed by atoms with Crippen LogP contribution in [0.3, 0.4) is 0 Å². The first-order valence-corrected chi connectivity index (χ1v) is 7.47. The minimum Gasteiger partial charge on any atom is -0.378 e. The van der Waals surface area contributed by atoms with Crippen molar-refractivity contribution in [2.75, 3.05) is 5.32 Å². The Hall–Kier alpha value is -1.85. The molecule has 6 heteroatoms. The molecule has 2 aromatic carbocycles. The van der Waals surface area contributed by atoms with Crippen molar-refractivity contribution in [1.82, 2.24) is 9.97 Å². The molecular formula is C15H11BrClN3O. The molecule has 0 aliphatic carbocycles. The summed E-state index contributed by atoms with van der Waals surface area (Å²) in [5.41, 5.74) is 1.41. The third-order valence-electron chi connectivity index (χ3n) is 3.04. The topological polar surface area (TPSA) is 57.8 Å². The highest BCUT2D eigenvalue weighted by Gasteiger charge is 2.04. The molecular weight excluding hydrogens is 354 g/mol. The van der Waals surface area contributed by atoms with Gasteiger partial charge in [-0.2, -0.15) is 0 Å². The number of anilines is 1. The van der Waals surface area contributed by atoms with Crippen LogP contribution >= 0.6 is 27.5 Å². The first kappa shape index (κ1) is 14.1. The van der Waals surface area contributed by atoms with Gasteiger partial charge in [0.1, 0.15) is 5.82 Å². The van der Waals surface area contributed by atoms with Crippen LogP contribution in [0.4, 0.5) is 5.69 Å². The van der Waals surface area contributed by atoms with Crippen LogP contribution in [0.5, 0.6) is 0 Å². The Morgan fingerprint density at radius 2 is 2.05 bits per heavy atom. The molecule has 3 aromatic rings. The van der Waals surface area contributed by atoms with E-state index in [1.807, 2.05) is 36.4 Å². The monoisotopic (exact) mass is 363 g/mol. The van der Waals surface area contributed by atoms with Crippen LogP contribution in [0, 0.1) is 0 Å². The van der Waals surface area contributed by atoms with Gasteiger partial charge in [0.15, 0.2) is 0 Å². The van der Waals surface area contributed by atoms with Crippen LogP contribution in [-0.4, -0.2) is 9.97 Å². The van der Waals surface area contributed by atoms with Gasteiger partial charge in [-0.3, -0.25) is 4.79 Å². The molecule has 106 valence electrons. The van der Waals surface area contributed by atoms with Crippen molar-refractivity contribution in [3.05, 3.63) is 68.1 Å². The van der Waals surface area contributed by atoms with Crippen molar-refractivity contribution in [3.63, 3.8) is 0 Å². The first-order valence-electron chi connectivity index (χ1n) is 6.30.